The molecule has 1 aromatic carbocycles. The Bertz CT molecular complexity index is 573. The normalized spacial score (nSPS) is 13.4. The summed E-state index contributed by atoms with van der Waals surface area (Å²) < 4.78 is 27.4. The fraction of sp³-hybridized carbons (Fsp3) is 0.600. The van der Waals surface area contributed by atoms with E-state index in [9.17, 15) is 8.42 Å². The average Bonchev–Trinajstić information content (AvgIpc) is 2.43. The van der Waals surface area contributed by atoms with Crippen molar-refractivity contribution in [3.05, 3.63) is 27.7 Å². The van der Waals surface area contributed by atoms with Crippen molar-refractivity contribution in [3.8, 4) is 0 Å². The minimum Gasteiger partial charge on any atom is -0.211 e. The molecule has 21 heavy (non-hydrogen) atoms. The minimum absolute atomic E-state index is 0.0939. The Kier molecular flexibility index (Phi) is 7.48. The van der Waals surface area contributed by atoms with Crippen LogP contribution in [-0.4, -0.2) is 15.0 Å². The zero-order valence-corrected chi connectivity index (χ0v) is 15.1. The van der Waals surface area contributed by atoms with E-state index in [1.165, 1.54) is 12.1 Å². The van der Waals surface area contributed by atoms with Crippen molar-refractivity contribution in [1.82, 2.24) is 4.72 Å². The Morgan fingerprint density at radius 3 is 2.43 bits per heavy atom. The Labute approximate surface area is 138 Å². The van der Waals surface area contributed by atoms with Crippen LogP contribution < -0.4 is 4.72 Å². The van der Waals surface area contributed by atoms with Crippen LogP contribution in [-0.2, 0) is 10.0 Å². The van der Waals surface area contributed by atoms with Gasteiger partial charge in [0, 0.05) is 11.6 Å². The van der Waals surface area contributed by atoms with Crippen LogP contribution >= 0.6 is 23.2 Å². The number of aryl methyl sites for hydroxylation is 1. The number of halogens is 2. The number of rotatable bonds is 8. The molecule has 0 fully saturated rings. The summed E-state index contributed by atoms with van der Waals surface area (Å²) in [6.45, 7) is 6.41. The third kappa shape index (κ3) is 5.44. The van der Waals surface area contributed by atoms with Gasteiger partial charge in [-0.05, 0) is 37.0 Å². The van der Waals surface area contributed by atoms with Gasteiger partial charge in [0.05, 0.1) is 5.02 Å². The summed E-state index contributed by atoms with van der Waals surface area (Å²) in [6, 6.07) is 2.99. The first-order valence-corrected chi connectivity index (χ1v) is 9.51. The number of hydrogen-bond acceptors (Lipinski definition) is 2. The second kappa shape index (κ2) is 8.37. The molecule has 0 saturated heterocycles. The molecule has 1 N–H and O–H groups in total. The van der Waals surface area contributed by atoms with Crippen LogP contribution in [0.4, 0.5) is 0 Å². The fourth-order valence-electron chi connectivity index (χ4n) is 2.09. The van der Waals surface area contributed by atoms with Crippen LogP contribution in [0.15, 0.2) is 17.0 Å². The fourth-order valence-corrected chi connectivity index (χ4v) is 4.03. The van der Waals surface area contributed by atoms with E-state index in [2.05, 4.69) is 18.6 Å². The summed E-state index contributed by atoms with van der Waals surface area (Å²) in [6.07, 6.45) is 4.21. The Morgan fingerprint density at radius 1 is 1.19 bits per heavy atom. The zero-order chi connectivity index (χ0) is 16.0. The molecule has 0 aromatic heterocycles. The van der Waals surface area contributed by atoms with Gasteiger partial charge in [0.2, 0.25) is 10.0 Å². The predicted octanol–water partition coefficient (Wildman–Crippen LogP) is 4.80. The number of hydrogen-bond donors (Lipinski definition) is 1. The molecule has 6 heteroatoms. The maximum absolute atomic E-state index is 12.4. The lowest BCUT2D eigenvalue weighted by atomic mass is 10.00. The molecule has 1 unspecified atom stereocenters. The number of nitrogens with one attached hydrogen (secondary N) is 1. The standard InChI is InChI=1S/C15H23Cl2NO2S/c1-4-6-7-12(5-2)10-18-21(19,20)15-8-11(3)13(16)9-14(15)17/h8-9,12,18H,4-7,10H2,1-3H3. The minimum atomic E-state index is -3.60. The van der Waals surface area contributed by atoms with Gasteiger partial charge >= 0.3 is 0 Å². The molecule has 120 valence electrons. The van der Waals surface area contributed by atoms with Crippen molar-refractivity contribution in [2.24, 2.45) is 5.92 Å². The Hall–Kier alpha value is -0.290. The van der Waals surface area contributed by atoms with Crippen molar-refractivity contribution in [3.63, 3.8) is 0 Å². The maximum atomic E-state index is 12.4. The van der Waals surface area contributed by atoms with Gasteiger partial charge in [-0.3, -0.25) is 0 Å². The lowest BCUT2D eigenvalue weighted by molar-refractivity contribution is 0.444. The van der Waals surface area contributed by atoms with E-state index < -0.39 is 10.0 Å². The second-order valence-electron chi connectivity index (χ2n) is 5.30. The van der Waals surface area contributed by atoms with Crippen molar-refractivity contribution in [2.75, 3.05) is 6.54 Å². The van der Waals surface area contributed by atoms with Gasteiger partial charge in [-0.2, -0.15) is 0 Å². The molecule has 0 aliphatic carbocycles. The van der Waals surface area contributed by atoms with Crippen molar-refractivity contribution < 1.29 is 8.42 Å². The summed E-state index contributed by atoms with van der Waals surface area (Å²) in [5.41, 5.74) is 0.694. The summed E-state index contributed by atoms with van der Waals surface area (Å²) in [5, 5.41) is 0.619. The van der Waals surface area contributed by atoms with E-state index in [0.717, 1.165) is 25.7 Å². The van der Waals surface area contributed by atoms with Crippen molar-refractivity contribution >= 4 is 33.2 Å². The SMILES string of the molecule is CCCCC(CC)CNS(=O)(=O)c1cc(C)c(Cl)cc1Cl. The molecule has 0 heterocycles. The monoisotopic (exact) mass is 351 g/mol. The van der Waals surface area contributed by atoms with Crippen molar-refractivity contribution in [2.45, 2.75) is 51.3 Å². The molecular formula is C15H23Cl2NO2S. The van der Waals surface area contributed by atoms with Crippen LogP contribution in [0, 0.1) is 12.8 Å². The van der Waals surface area contributed by atoms with Gasteiger partial charge < -0.3 is 0 Å². The quantitative estimate of drug-likeness (QED) is 0.731. The highest BCUT2D eigenvalue weighted by Crippen LogP contribution is 2.28. The molecule has 1 atom stereocenters. The molecule has 0 saturated carbocycles. The van der Waals surface area contributed by atoms with Gasteiger partial charge in [0.1, 0.15) is 4.90 Å². The van der Waals surface area contributed by atoms with Crippen LogP contribution in [0.3, 0.4) is 0 Å². The molecule has 0 aliphatic rings. The van der Waals surface area contributed by atoms with Gasteiger partial charge in [0.25, 0.3) is 0 Å². The summed E-state index contributed by atoms with van der Waals surface area (Å²) in [7, 11) is -3.60. The highest BCUT2D eigenvalue weighted by molar-refractivity contribution is 7.89. The lowest BCUT2D eigenvalue weighted by Gasteiger charge is -2.16. The molecule has 0 radical (unpaired) electrons. The van der Waals surface area contributed by atoms with Gasteiger partial charge in [-0.1, -0.05) is 56.3 Å². The number of unbranched alkanes of at least 4 members (excludes halogenated alkanes) is 1. The maximum Gasteiger partial charge on any atom is 0.242 e. The Balaban J connectivity index is 2.84. The molecule has 0 aliphatic heterocycles. The van der Waals surface area contributed by atoms with Crippen LogP contribution in [0.25, 0.3) is 0 Å². The molecule has 0 spiro atoms. The molecule has 1 rings (SSSR count). The van der Waals surface area contributed by atoms with E-state index >= 15 is 0 Å². The highest BCUT2D eigenvalue weighted by Gasteiger charge is 2.20. The number of sulfonamides is 1. The predicted molar refractivity (Wildman–Crippen MR) is 89.7 cm³/mol. The summed E-state index contributed by atoms with van der Waals surface area (Å²) in [4.78, 5) is 0.0939. The van der Waals surface area contributed by atoms with E-state index in [1.807, 2.05) is 0 Å². The van der Waals surface area contributed by atoms with E-state index in [1.54, 1.807) is 6.92 Å². The smallest absolute Gasteiger partial charge is 0.211 e. The molecule has 0 bridgehead atoms. The average molecular weight is 352 g/mol. The van der Waals surface area contributed by atoms with Gasteiger partial charge in [-0.15, -0.1) is 0 Å². The van der Waals surface area contributed by atoms with Crippen LogP contribution in [0.2, 0.25) is 10.0 Å². The third-order valence-electron chi connectivity index (χ3n) is 3.61. The molecule has 1 aromatic rings. The zero-order valence-electron chi connectivity index (χ0n) is 12.7. The van der Waals surface area contributed by atoms with Crippen LogP contribution in [0.1, 0.15) is 45.1 Å². The number of benzene rings is 1. The first-order valence-electron chi connectivity index (χ1n) is 7.27. The first-order chi connectivity index (χ1) is 9.81. The summed E-state index contributed by atoms with van der Waals surface area (Å²) >= 11 is 12.0. The lowest BCUT2D eigenvalue weighted by Crippen LogP contribution is -2.29. The van der Waals surface area contributed by atoms with Gasteiger partial charge in [-0.25, -0.2) is 13.1 Å². The van der Waals surface area contributed by atoms with Crippen molar-refractivity contribution in [1.29, 1.82) is 0 Å². The van der Waals surface area contributed by atoms with Crippen LogP contribution in [0.5, 0.6) is 0 Å². The Morgan fingerprint density at radius 2 is 1.86 bits per heavy atom. The molecule has 0 amide bonds. The topological polar surface area (TPSA) is 46.2 Å². The first kappa shape index (κ1) is 18.8. The van der Waals surface area contributed by atoms with E-state index in [-0.39, 0.29) is 9.92 Å². The molecule has 3 nitrogen and oxygen atoms in total. The largest absolute Gasteiger partial charge is 0.242 e. The third-order valence-corrected chi connectivity index (χ3v) is 5.90. The second-order valence-corrected chi connectivity index (χ2v) is 7.85. The summed E-state index contributed by atoms with van der Waals surface area (Å²) in [5.74, 6) is 0.354. The van der Waals surface area contributed by atoms with E-state index in [0.29, 0.717) is 23.0 Å². The highest BCUT2D eigenvalue weighted by atomic mass is 35.5. The van der Waals surface area contributed by atoms with E-state index in [4.69, 9.17) is 23.2 Å². The molecular weight excluding hydrogens is 329 g/mol. The van der Waals surface area contributed by atoms with Gasteiger partial charge in [0.15, 0.2) is 0 Å².